The first-order valence-electron chi connectivity index (χ1n) is 5.54. The lowest BCUT2D eigenvalue weighted by molar-refractivity contribution is -0.120. The van der Waals surface area contributed by atoms with E-state index in [1.165, 1.54) is 12.7 Å². The molecular weight excluding hydrogens is 232 g/mol. The van der Waals surface area contributed by atoms with E-state index < -0.39 is 0 Å². The third-order valence-electron chi connectivity index (χ3n) is 2.45. The van der Waals surface area contributed by atoms with Gasteiger partial charge in [-0.1, -0.05) is 12.1 Å². The van der Waals surface area contributed by atoms with Gasteiger partial charge in [-0.05, 0) is 17.7 Å². The van der Waals surface area contributed by atoms with Gasteiger partial charge in [0.2, 0.25) is 5.91 Å². The number of benzene rings is 1. The summed E-state index contributed by atoms with van der Waals surface area (Å²) in [4.78, 5) is 15.6. The minimum Gasteiger partial charge on any atom is -0.497 e. The summed E-state index contributed by atoms with van der Waals surface area (Å²) in [5, 5.41) is 2.77. The van der Waals surface area contributed by atoms with E-state index >= 15 is 0 Å². The number of rotatable bonds is 5. The van der Waals surface area contributed by atoms with E-state index in [4.69, 9.17) is 9.15 Å². The molecule has 0 radical (unpaired) electrons. The number of hydrogen-bond acceptors (Lipinski definition) is 4. The van der Waals surface area contributed by atoms with Crippen molar-refractivity contribution >= 4 is 5.91 Å². The third-order valence-corrected chi connectivity index (χ3v) is 2.45. The molecule has 0 bridgehead atoms. The molecule has 0 fully saturated rings. The van der Waals surface area contributed by atoms with Gasteiger partial charge in [0.1, 0.15) is 12.0 Å². The Hall–Kier alpha value is -2.30. The highest BCUT2D eigenvalue weighted by atomic mass is 16.5. The highest BCUT2D eigenvalue weighted by Gasteiger charge is 2.05. The quantitative estimate of drug-likeness (QED) is 0.869. The van der Waals surface area contributed by atoms with Crippen LogP contribution in [0.1, 0.15) is 11.3 Å². The molecule has 0 atom stereocenters. The summed E-state index contributed by atoms with van der Waals surface area (Å²) in [6.07, 6.45) is 3.16. The second kappa shape index (κ2) is 5.86. The van der Waals surface area contributed by atoms with Crippen LogP contribution in [0.25, 0.3) is 0 Å². The number of carbonyl (C=O) groups excluding carboxylic acids is 1. The van der Waals surface area contributed by atoms with Crippen LogP contribution >= 0.6 is 0 Å². The standard InChI is InChI=1S/C13H14N2O3/c1-17-12-4-2-3-10(5-12)6-13(16)14-7-11-8-18-9-15-11/h2-5,8-9H,6-7H2,1H3,(H,14,16). The Labute approximate surface area is 105 Å². The van der Waals surface area contributed by atoms with Crippen LogP contribution in [-0.4, -0.2) is 18.0 Å². The molecule has 5 nitrogen and oxygen atoms in total. The average Bonchev–Trinajstić information content (AvgIpc) is 2.90. The molecule has 18 heavy (non-hydrogen) atoms. The number of hydrogen-bond donors (Lipinski definition) is 1. The second-order valence-corrected chi connectivity index (χ2v) is 3.78. The SMILES string of the molecule is COc1cccc(CC(=O)NCc2cocn2)c1. The van der Waals surface area contributed by atoms with Crippen molar-refractivity contribution in [3.8, 4) is 5.75 Å². The molecule has 0 saturated heterocycles. The lowest BCUT2D eigenvalue weighted by Crippen LogP contribution is -2.24. The van der Waals surface area contributed by atoms with Crippen LogP contribution in [0.4, 0.5) is 0 Å². The van der Waals surface area contributed by atoms with Gasteiger partial charge < -0.3 is 14.5 Å². The van der Waals surface area contributed by atoms with Crippen molar-refractivity contribution in [1.82, 2.24) is 10.3 Å². The van der Waals surface area contributed by atoms with Gasteiger partial charge in [-0.25, -0.2) is 4.98 Å². The van der Waals surface area contributed by atoms with Crippen LogP contribution in [0.3, 0.4) is 0 Å². The monoisotopic (exact) mass is 246 g/mol. The topological polar surface area (TPSA) is 64.4 Å². The molecule has 0 aliphatic carbocycles. The highest BCUT2D eigenvalue weighted by molar-refractivity contribution is 5.78. The fourth-order valence-electron chi connectivity index (χ4n) is 1.54. The normalized spacial score (nSPS) is 10.1. The van der Waals surface area contributed by atoms with Crippen LogP contribution in [0.2, 0.25) is 0 Å². The number of carbonyl (C=O) groups is 1. The van der Waals surface area contributed by atoms with E-state index in [0.717, 1.165) is 11.3 Å². The molecule has 2 rings (SSSR count). The highest BCUT2D eigenvalue weighted by Crippen LogP contribution is 2.12. The van der Waals surface area contributed by atoms with E-state index in [1.807, 2.05) is 24.3 Å². The van der Waals surface area contributed by atoms with Gasteiger partial charge in [0.05, 0.1) is 25.8 Å². The number of nitrogens with one attached hydrogen (secondary N) is 1. The Morgan fingerprint density at radius 1 is 1.50 bits per heavy atom. The third kappa shape index (κ3) is 3.35. The number of amides is 1. The molecule has 2 aromatic rings. The molecule has 1 amide bonds. The van der Waals surface area contributed by atoms with Crippen molar-refractivity contribution in [3.63, 3.8) is 0 Å². The molecule has 1 aromatic carbocycles. The number of oxazole rings is 1. The largest absolute Gasteiger partial charge is 0.497 e. The molecular formula is C13H14N2O3. The molecule has 0 aliphatic rings. The van der Waals surface area contributed by atoms with Crippen molar-refractivity contribution in [3.05, 3.63) is 48.2 Å². The molecule has 0 saturated carbocycles. The van der Waals surface area contributed by atoms with Crippen molar-refractivity contribution in [2.24, 2.45) is 0 Å². The second-order valence-electron chi connectivity index (χ2n) is 3.78. The van der Waals surface area contributed by atoms with Gasteiger partial charge in [-0.15, -0.1) is 0 Å². The maximum absolute atomic E-state index is 11.7. The molecule has 0 spiro atoms. The summed E-state index contributed by atoms with van der Waals surface area (Å²) in [6.45, 7) is 0.374. The summed E-state index contributed by atoms with van der Waals surface area (Å²) < 4.78 is 9.92. The van der Waals surface area contributed by atoms with Crippen LogP contribution in [-0.2, 0) is 17.8 Å². The molecule has 1 heterocycles. The first-order valence-corrected chi connectivity index (χ1v) is 5.54. The molecule has 0 aliphatic heterocycles. The van der Waals surface area contributed by atoms with Crippen LogP contribution in [0, 0.1) is 0 Å². The van der Waals surface area contributed by atoms with Crippen molar-refractivity contribution in [2.75, 3.05) is 7.11 Å². The predicted molar refractivity (Wildman–Crippen MR) is 65.0 cm³/mol. The van der Waals surface area contributed by atoms with E-state index in [9.17, 15) is 4.79 Å². The van der Waals surface area contributed by atoms with Crippen LogP contribution in [0.5, 0.6) is 5.75 Å². The number of methoxy groups -OCH3 is 1. The molecule has 1 aromatic heterocycles. The molecule has 0 unspecified atom stereocenters. The van der Waals surface area contributed by atoms with Crippen LogP contribution < -0.4 is 10.1 Å². The van der Waals surface area contributed by atoms with E-state index in [2.05, 4.69) is 10.3 Å². The van der Waals surface area contributed by atoms with Gasteiger partial charge in [-0.3, -0.25) is 4.79 Å². The summed E-state index contributed by atoms with van der Waals surface area (Å²) >= 11 is 0. The van der Waals surface area contributed by atoms with E-state index in [0.29, 0.717) is 18.7 Å². The lowest BCUT2D eigenvalue weighted by Gasteiger charge is -2.05. The first-order chi connectivity index (χ1) is 8.78. The van der Waals surface area contributed by atoms with Gasteiger partial charge >= 0.3 is 0 Å². The average molecular weight is 246 g/mol. The minimum absolute atomic E-state index is 0.0637. The van der Waals surface area contributed by atoms with E-state index in [-0.39, 0.29) is 5.91 Å². The fourth-order valence-corrected chi connectivity index (χ4v) is 1.54. The maximum Gasteiger partial charge on any atom is 0.224 e. The molecule has 1 N–H and O–H groups in total. The Bertz CT molecular complexity index is 509. The van der Waals surface area contributed by atoms with Crippen molar-refractivity contribution in [2.45, 2.75) is 13.0 Å². The van der Waals surface area contributed by atoms with E-state index in [1.54, 1.807) is 7.11 Å². The van der Waals surface area contributed by atoms with Crippen molar-refractivity contribution in [1.29, 1.82) is 0 Å². The Morgan fingerprint density at radius 2 is 2.39 bits per heavy atom. The number of nitrogens with zero attached hydrogens (tertiary/aromatic N) is 1. The Kier molecular flexibility index (Phi) is 3.96. The molecule has 5 heteroatoms. The van der Waals surface area contributed by atoms with Gasteiger partial charge in [0.15, 0.2) is 6.39 Å². The molecule has 94 valence electrons. The van der Waals surface area contributed by atoms with Gasteiger partial charge in [0, 0.05) is 0 Å². The zero-order chi connectivity index (χ0) is 12.8. The first kappa shape index (κ1) is 12.2. The van der Waals surface area contributed by atoms with Gasteiger partial charge in [0.25, 0.3) is 0 Å². The number of aromatic nitrogens is 1. The summed E-state index contributed by atoms with van der Waals surface area (Å²) in [6, 6.07) is 7.43. The number of ether oxygens (including phenoxy) is 1. The summed E-state index contributed by atoms with van der Waals surface area (Å²) in [5.74, 6) is 0.683. The Morgan fingerprint density at radius 3 is 3.11 bits per heavy atom. The Balaban J connectivity index is 1.86. The zero-order valence-corrected chi connectivity index (χ0v) is 10.1. The summed E-state index contributed by atoms with van der Waals surface area (Å²) in [7, 11) is 1.60. The predicted octanol–water partition coefficient (Wildman–Crippen LogP) is 1.54. The van der Waals surface area contributed by atoms with Crippen molar-refractivity contribution < 1.29 is 13.9 Å². The minimum atomic E-state index is -0.0637. The summed E-state index contributed by atoms with van der Waals surface area (Å²) in [5.41, 5.74) is 1.61. The fraction of sp³-hybridized carbons (Fsp3) is 0.231. The maximum atomic E-state index is 11.7. The smallest absolute Gasteiger partial charge is 0.224 e. The van der Waals surface area contributed by atoms with Gasteiger partial charge in [-0.2, -0.15) is 0 Å². The van der Waals surface area contributed by atoms with Crippen LogP contribution in [0.15, 0.2) is 41.3 Å². The lowest BCUT2D eigenvalue weighted by atomic mass is 10.1. The zero-order valence-electron chi connectivity index (χ0n) is 10.1.